The van der Waals surface area contributed by atoms with Crippen molar-refractivity contribution < 1.29 is 14.3 Å². The SMILES string of the molecule is COc1cc(/C=C/C(=O)NNC(=S)N[C@H]2CCC[C@H](C)[C@H]2C)cc(Cl)c1OC. The van der Waals surface area contributed by atoms with Gasteiger partial charge in [-0.25, -0.2) is 0 Å². The lowest BCUT2D eigenvalue weighted by Gasteiger charge is -2.35. The fourth-order valence-electron chi connectivity index (χ4n) is 3.36. The maximum Gasteiger partial charge on any atom is 0.262 e. The number of halogens is 1. The molecular formula is C20H28ClN3O3S. The number of hydrogen-bond donors (Lipinski definition) is 3. The number of thiocarbonyl (C=S) groups is 1. The number of carbonyl (C=O) groups is 1. The third kappa shape index (κ3) is 6.01. The molecule has 0 bridgehead atoms. The number of ether oxygens (including phenoxy) is 2. The van der Waals surface area contributed by atoms with Gasteiger partial charge in [0, 0.05) is 12.1 Å². The van der Waals surface area contributed by atoms with E-state index >= 15 is 0 Å². The van der Waals surface area contributed by atoms with E-state index in [0.29, 0.717) is 45.1 Å². The summed E-state index contributed by atoms with van der Waals surface area (Å²) >= 11 is 11.5. The van der Waals surface area contributed by atoms with Crippen molar-refractivity contribution in [2.75, 3.05) is 14.2 Å². The van der Waals surface area contributed by atoms with E-state index in [0.717, 1.165) is 6.42 Å². The van der Waals surface area contributed by atoms with Gasteiger partial charge in [0.1, 0.15) is 0 Å². The highest BCUT2D eigenvalue weighted by molar-refractivity contribution is 7.80. The molecular weight excluding hydrogens is 398 g/mol. The van der Waals surface area contributed by atoms with Crippen LogP contribution < -0.4 is 25.6 Å². The Bertz CT molecular complexity index is 742. The molecule has 1 aliphatic carbocycles. The van der Waals surface area contributed by atoms with E-state index in [1.165, 1.54) is 33.1 Å². The van der Waals surface area contributed by atoms with Crippen molar-refractivity contribution in [3.05, 3.63) is 28.8 Å². The first-order valence-corrected chi connectivity index (χ1v) is 10.1. The summed E-state index contributed by atoms with van der Waals surface area (Å²) in [6.07, 6.45) is 6.54. The molecule has 1 fully saturated rings. The molecule has 0 saturated heterocycles. The third-order valence-electron chi connectivity index (χ3n) is 5.21. The van der Waals surface area contributed by atoms with E-state index in [1.807, 2.05) is 0 Å². The number of benzene rings is 1. The summed E-state index contributed by atoms with van der Waals surface area (Å²) in [6.45, 7) is 4.50. The zero-order chi connectivity index (χ0) is 20.7. The van der Waals surface area contributed by atoms with Gasteiger partial charge in [-0.05, 0) is 54.2 Å². The van der Waals surface area contributed by atoms with Crippen LogP contribution >= 0.6 is 23.8 Å². The lowest BCUT2D eigenvalue weighted by Crippen LogP contribution is -2.52. The van der Waals surface area contributed by atoms with E-state index in [1.54, 1.807) is 18.2 Å². The van der Waals surface area contributed by atoms with Crippen molar-refractivity contribution >= 4 is 40.9 Å². The highest BCUT2D eigenvalue weighted by Crippen LogP contribution is 2.36. The molecule has 1 aromatic rings. The third-order valence-corrected chi connectivity index (χ3v) is 5.71. The zero-order valence-corrected chi connectivity index (χ0v) is 18.2. The average molecular weight is 426 g/mol. The lowest BCUT2D eigenvalue weighted by molar-refractivity contribution is -0.116. The number of hydrazine groups is 1. The number of carbonyl (C=O) groups excluding carboxylic acids is 1. The molecule has 6 nitrogen and oxygen atoms in total. The Hall–Kier alpha value is -1.99. The van der Waals surface area contributed by atoms with Crippen LogP contribution in [0.3, 0.4) is 0 Å². The summed E-state index contributed by atoms with van der Waals surface area (Å²) in [7, 11) is 3.05. The van der Waals surface area contributed by atoms with E-state index in [4.69, 9.17) is 33.3 Å². The molecule has 154 valence electrons. The predicted octanol–water partition coefficient (Wildman–Crippen LogP) is 3.69. The van der Waals surface area contributed by atoms with Crippen molar-refractivity contribution in [1.29, 1.82) is 0 Å². The lowest BCUT2D eigenvalue weighted by atomic mass is 9.78. The normalized spacial score (nSPS) is 21.8. The van der Waals surface area contributed by atoms with Gasteiger partial charge < -0.3 is 14.8 Å². The molecule has 0 aromatic heterocycles. The van der Waals surface area contributed by atoms with Crippen LogP contribution in [-0.2, 0) is 4.79 Å². The Morgan fingerprint density at radius 1 is 1.21 bits per heavy atom. The number of amides is 1. The first-order valence-electron chi connectivity index (χ1n) is 9.31. The van der Waals surface area contributed by atoms with Crippen molar-refractivity contribution in [2.45, 2.75) is 39.2 Å². The highest BCUT2D eigenvalue weighted by Gasteiger charge is 2.27. The maximum absolute atomic E-state index is 12.1. The standard InChI is InChI=1S/C20H28ClN3O3S/c1-12-6-5-7-16(13(12)2)22-20(28)24-23-18(25)9-8-14-10-15(21)19(27-4)17(11-14)26-3/h8-13,16H,5-7H2,1-4H3,(H,23,25)(H2,22,24,28)/b9-8+/t12-,13+,16-/m0/s1. The number of nitrogens with one attached hydrogen (secondary N) is 3. The molecule has 0 heterocycles. The van der Waals surface area contributed by atoms with Gasteiger partial charge >= 0.3 is 0 Å². The minimum Gasteiger partial charge on any atom is -0.493 e. The van der Waals surface area contributed by atoms with Crippen molar-refractivity contribution in [3.63, 3.8) is 0 Å². The Kier molecular flexibility index (Phi) is 8.38. The van der Waals surface area contributed by atoms with Gasteiger partial charge in [0.25, 0.3) is 5.91 Å². The highest BCUT2D eigenvalue weighted by atomic mass is 35.5. The fourth-order valence-corrected chi connectivity index (χ4v) is 3.85. The minimum absolute atomic E-state index is 0.324. The summed E-state index contributed by atoms with van der Waals surface area (Å²) in [5, 5.41) is 4.12. The second-order valence-corrected chi connectivity index (χ2v) is 7.85. The van der Waals surface area contributed by atoms with Crippen LogP contribution in [0.25, 0.3) is 6.08 Å². The molecule has 1 aliphatic rings. The summed E-state index contributed by atoms with van der Waals surface area (Å²) in [5.41, 5.74) is 6.03. The van der Waals surface area contributed by atoms with Crippen LogP contribution in [0.15, 0.2) is 18.2 Å². The van der Waals surface area contributed by atoms with Gasteiger partial charge in [0.15, 0.2) is 16.6 Å². The van der Waals surface area contributed by atoms with Gasteiger partial charge in [0.2, 0.25) is 0 Å². The van der Waals surface area contributed by atoms with Crippen molar-refractivity contribution in [2.24, 2.45) is 11.8 Å². The monoisotopic (exact) mass is 425 g/mol. The Morgan fingerprint density at radius 2 is 1.96 bits per heavy atom. The van der Waals surface area contributed by atoms with Crippen LogP contribution in [0, 0.1) is 11.8 Å². The summed E-state index contributed by atoms with van der Waals surface area (Å²) in [6, 6.07) is 3.75. The van der Waals surface area contributed by atoms with Gasteiger partial charge in [0.05, 0.1) is 19.2 Å². The topological polar surface area (TPSA) is 71.6 Å². The first-order chi connectivity index (χ1) is 13.3. The molecule has 1 saturated carbocycles. The van der Waals surface area contributed by atoms with Crippen LogP contribution in [0.5, 0.6) is 11.5 Å². The van der Waals surface area contributed by atoms with Gasteiger partial charge in [-0.2, -0.15) is 0 Å². The van der Waals surface area contributed by atoms with Crippen LogP contribution in [-0.4, -0.2) is 31.3 Å². The maximum atomic E-state index is 12.1. The molecule has 2 rings (SSSR count). The minimum atomic E-state index is -0.333. The Morgan fingerprint density at radius 3 is 2.64 bits per heavy atom. The van der Waals surface area contributed by atoms with E-state index < -0.39 is 0 Å². The van der Waals surface area contributed by atoms with Crippen LogP contribution in [0.2, 0.25) is 5.02 Å². The molecule has 1 amide bonds. The zero-order valence-electron chi connectivity index (χ0n) is 16.7. The van der Waals surface area contributed by atoms with Crippen LogP contribution in [0.4, 0.5) is 0 Å². The molecule has 0 unspecified atom stereocenters. The van der Waals surface area contributed by atoms with Crippen molar-refractivity contribution in [3.8, 4) is 11.5 Å². The summed E-state index contributed by atoms with van der Waals surface area (Å²) in [4.78, 5) is 12.1. The van der Waals surface area contributed by atoms with Gasteiger partial charge in [-0.3, -0.25) is 15.6 Å². The Balaban J connectivity index is 1.86. The molecule has 3 N–H and O–H groups in total. The van der Waals surface area contributed by atoms with Crippen molar-refractivity contribution in [1.82, 2.24) is 16.2 Å². The van der Waals surface area contributed by atoms with Crippen LogP contribution in [0.1, 0.15) is 38.7 Å². The molecule has 0 aliphatic heterocycles. The van der Waals surface area contributed by atoms with Gasteiger partial charge in [-0.15, -0.1) is 0 Å². The average Bonchev–Trinajstić information content (AvgIpc) is 2.67. The van der Waals surface area contributed by atoms with E-state index in [9.17, 15) is 4.79 Å². The quantitative estimate of drug-likeness (QED) is 0.379. The second kappa shape index (κ2) is 10.5. The molecule has 8 heteroatoms. The van der Waals surface area contributed by atoms with E-state index in [-0.39, 0.29) is 5.91 Å². The summed E-state index contributed by atoms with van der Waals surface area (Å²) in [5.74, 6) is 1.82. The summed E-state index contributed by atoms with van der Waals surface area (Å²) < 4.78 is 10.4. The number of hydrogen-bond acceptors (Lipinski definition) is 4. The fraction of sp³-hybridized carbons (Fsp3) is 0.500. The predicted molar refractivity (Wildman–Crippen MR) is 117 cm³/mol. The largest absolute Gasteiger partial charge is 0.493 e. The molecule has 0 spiro atoms. The molecule has 3 atom stereocenters. The first kappa shape index (κ1) is 22.3. The smallest absolute Gasteiger partial charge is 0.262 e. The number of methoxy groups -OCH3 is 2. The second-order valence-electron chi connectivity index (χ2n) is 7.03. The molecule has 1 aromatic carbocycles. The van der Waals surface area contributed by atoms with E-state index in [2.05, 4.69) is 30.0 Å². The molecule has 28 heavy (non-hydrogen) atoms. The van der Waals surface area contributed by atoms with Gasteiger partial charge in [-0.1, -0.05) is 38.3 Å². The Labute approximate surface area is 177 Å². The molecule has 0 radical (unpaired) electrons. The number of rotatable bonds is 5.